The van der Waals surface area contributed by atoms with Crippen molar-refractivity contribution in [3.05, 3.63) is 66.0 Å². The molecule has 0 radical (unpaired) electrons. The molecule has 0 unspecified atom stereocenters. The zero-order chi connectivity index (χ0) is 17.7. The van der Waals surface area contributed by atoms with Crippen LogP contribution in [0.1, 0.15) is 5.56 Å². The van der Waals surface area contributed by atoms with Crippen molar-refractivity contribution in [3.63, 3.8) is 0 Å². The predicted octanol–water partition coefficient (Wildman–Crippen LogP) is 2.00. The first kappa shape index (κ1) is 18.0. The SMILES string of the molecule is O=S(=O)(NC[C@H]1CN(Cc2ccccc2)CCO1)c1cccc(F)c1. The third kappa shape index (κ3) is 5.09. The first-order valence-electron chi connectivity index (χ1n) is 8.16. The molecule has 5 nitrogen and oxygen atoms in total. The maximum atomic E-state index is 13.2. The summed E-state index contributed by atoms with van der Waals surface area (Å²) < 4.78 is 45.9. The van der Waals surface area contributed by atoms with Gasteiger partial charge in [-0.1, -0.05) is 36.4 Å². The van der Waals surface area contributed by atoms with Crippen molar-refractivity contribution in [3.8, 4) is 0 Å². The zero-order valence-corrected chi connectivity index (χ0v) is 14.6. The van der Waals surface area contributed by atoms with Crippen molar-refractivity contribution < 1.29 is 17.5 Å². The largest absolute Gasteiger partial charge is 0.374 e. The summed E-state index contributed by atoms with van der Waals surface area (Å²) in [5.74, 6) is -0.578. The van der Waals surface area contributed by atoms with Crippen LogP contribution in [0.5, 0.6) is 0 Å². The smallest absolute Gasteiger partial charge is 0.240 e. The van der Waals surface area contributed by atoms with Crippen LogP contribution in [0.2, 0.25) is 0 Å². The van der Waals surface area contributed by atoms with E-state index in [4.69, 9.17) is 4.74 Å². The Balaban J connectivity index is 1.56. The number of nitrogens with zero attached hydrogens (tertiary/aromatic N) is 1. The van der Waals surface area contributed by atoms with Crippen molar-refractivity contribution in [1.82, 2.24) is 9.62 Å². The molecule has 0 spiro atoms. The minimum absolute atomic E-state index is 0.0792. The van der Waals surface area contributed by atoms with Gasteiger partial charge in [0.2, 0.25) is 10.0 Å². The van der Waals surface area contributed by atoms with E-state index in [9.17, 15) is 12.8 Å². The molecule has 0 aromatic heterocycles. The van der Waals surface area contributed by atoms with Gasteiger partial charge >= 0.3 is 0 Å². The summed E-state index contributed by atoms with van der Waals surface area (Å²) in [4.78, 5) is 2.16. The van der Waals surface area contributed by atoms with Crippen molar-refractivity contribution >= 4 is 10.0 Å². The summed E-state index contributed by atoms with van der Waals surface area (Å²) in [6.45, 7) is 2.96. The number of morpholine rings is 1. The van der Waals surface area contributed by atoms with Gasteiger partial charge in [-0.3, -0.25) is 4.90 Å². The molecule has 1 aliphatic rings. The molecule has 134 valence electrons. The second-order valence-electron chi connectivity index (χ2n) is 6.02. The van der Waals surface area contributed by atoms with Crippen LogP contribution in [0.4, 0.5) is 4.39 Å². The number of benzene rings is 2. The fraction of sp³-hybridized carbons (Fsp3) is 0.333. The van der Waals surface area contributed by atoms with Gasteiger partial charge in [-0.2, -0.15) is 0 Å². The van der Waals surface area contributed by atoms with E-state index in [0.29, 0.717) is 13.2 Å². The van der Waals surface area contributed by atoms with E-state index in [1.54, 1.807) is 0 Å². The molecule has 3 rings (SSSR count). The molecule has 1 aliphatic heterocycles. The van der Waals surface area contributed by atoms with E-state index in [-0.39, 0.29) is 17.5 Å². The maximum Gasteiger partial charge on any atom is 0.240 e. The molecular formula is C18H21FN2O3S. The lowest BCUT2D eigenvalue weighted by Crippen LogP contribution is -2.47. The number of ether oxygens (including phenoxy) is 1. The quantitative estimate of drug-likeness (QED) is 0.852. The molecule has 0 aliphatic carbocycles. The molecule has 1 N–H and O–H groups in total. The summed E-state index contributed by atoms with van der Waals surface area (Å²) >= 11 is 0. The van der Waals surface area contributed by atoms with E-state index < -0.39 is 15.8 Å². The molecule has 1 atom stereocenters. The van der Waals surface area contributed by atoms with Gasteiger partial charge < -0.3 is 4.74 Å². The number of rotatable bonds is 6. The van der Waals surface area contributed by atoms with E-state index >= 15 is 0 Å². The summed E-state index contributed by atoms with van der Waals surface area (Å²) in [5, 5.41) is 0. The third-order valence-corrected chi connectivity index (χ3v) is 5.50. The van der Waals surface area contributed by atoms with E-state index in [0.717, 1.165) is 19.2 Å². The molecule has 0 amide bonds. The second-order valence-corrected chi connectivity index (χ2v) is 7.79. The van der Waals surface area contributed by atoms with Crippen LogP contribution in [0.3, 0.4) is 0 Å². The Kier molecular flexibility index (Phi) is 5.80. The highest BCUT2D eigenvalue weighted by molar-refractivity contribution is 7.89. The molecule has 1 fully saturated rings. The molecule has 25 heavy (non-hydrogen) atoms. The summed E-state index contributed by atoms with van der Waals surface area (Å²) in [6, 6.07) is 15.1. The number of nitrogens with one attached hydrogen (secondary N) is 1. The Morgan fingerprint density at radius 1 is 1.16 bits per heavy atom. The van der Waals surface area contributed by atoms with Gasteiger partial charge in [0.1, 0.15) is 5.82 Å². The summed E-state index contributed by atoms with van der Waals surface area (Å²) in [6.07, 6.45) is -0.235. The van der Waals surface area contributed by atoms with Gasteiger partial charge in [-0.15, -0.1) is 0 Å². The van der Waals surface area contributed by atoms with Gasteiger partial charge in [-0.25, -0.2) is 17.5 Å². The van der Waals surface area contributed by atoms with Crippen LogP contribution in [-0.2, 0) is 21.3 Å². The Hall–Kier alpha value is -1.80. The summed E-state index contributed by atoms with van der Waals surface area (Å²) in [7, 11) is -3.75. The van der Waals surface area contributed by atoms with Crippen molar-refractivity contribution in [2.45, 2.75) is 17.5 Å². The second kappa shape index (κ2) is 8.05. The minimum atomic E-state index is -3.75. The van der Waals surface area contributed by atoms with Crippen LogP contribution in [0.25, 0.3) is 0 Å². The zero-order valence-electron chi connectivity index (χ0n) is 13.8. The van der Waals surface area contributed by atoms with E-state index in [1.807, 2.05) is 18.2 Å². The Bertz CT molecular complexity index is 799. The number of sulfonamides is 1. The fourth-order valence-corrected chi connectivity index (χ4v) is 3.91. The molecule has 0 saturated carbocycles. The topological polar surface area (TPSA) is 58.6 Å². The summed E-state index contributed by atoms with van der Waals surface area (Å²) in [5.41, 5.74) is 1.21. The fourth-order valence-electron chi connectivity index (χ4n) is 2.81. The lowest BCUT2D eigenvalue weighted by molar-refractivity contribution is -0.0276. The Morgan fingerprint density at radius 3 is 2.72 bits per heavy atom. The van der Waals surface area contributed by atoms with Crippen LogP contribution in [0, 0.1) is 5.82 Å². The van der Waals surface area contributed by atoms with Crippen LogP contribution in [0.15, 0.2) is 59.5 Å². The van der Waals surface area contributed by atoms with Crippen LogP contribution in [-0.4, -0.2) is 45.7 Å². The van der Waals surface area contributed by atoms with E-state index in [2.05, 4.69) is 21.8 Å². The molecule has 7 heteroatoms. The van der Waals surface area contributed by atoms with Gasteiger partial charge in [0.05, 0.1) is 17.6 Å². The van der Waals surface area contributed by atoms with Gasteiger partial charge in [0, 0.05) is 26.2 Å². The maximum absolute atomic E-state index is 13.2. The normalized spacial score (nSPS) is 19.0. The standard InChI is InChI=1S/C18H21FN2O3S/c19-16-7-4-8-18(11-16)25(22,23)20-12-17-14-21(9-10-24-17)13-15-5-2-1-3-6-15/h1-8,11,17,20H,9-10,12-14H2/t17-/m0/s1. The minimum Gasteiger partial charge on any atom is -0.374 e. The predicted molar refractivity (Wildman–Crippen MR) is 93.0 cm³/mol. The molecule has 2 aromatic rings. The first-order chi connectivity index (χ1) is 12.0. The molecule has 1 saturated heterocycles. The van der Waals surface area contributed by atoms with Gasteiger partial charge in [0.25, 0.3) is 0 Å². The first-order valence-corrected chi connectivity index (χ1v) is 9.64. The average Bonchev–Trinajstić information content (AvgIpc) is 2.61. The molecule has 1 heterocycles. The monoisotopic (exact) mass is 364 g/mol. The Labute approximate surface area is 147 Å². The van der Waals surface area contributed by atoms with Crippen LogP contribution >= 0.6 is 0 Å². The number of hydrogen-bond acceptors (Lipinski definition) is 4. The van der Waals surface area contributed by atoms with Gasteiger partial charge in [0.15, 0.2) is 0 Å². The molecular weight excluding hydrogens is 343 g/mol. The highest BCUT2D eigenvalue weighted by Crippen LogP contribution is 2.13. The van der Waals surface area contributed by atoms with E-state index in [1.165, 1.54) is 23.8 Å². The average molecular weight is 364 g/mol. The molecule has 2 aromatic carbocycles. The molecule has 0 bridgehead atoms. The third-order valence-electron chi connectivity index (χ3n) is 4.08. The van der Waals surface area contributed by atoms with Crippen molar-refractivity contribution in [1.29, 1.82) is 0 Å². The van der Waals surface area contributed by atoms with Crippen molar-refractivity contribution in [2.24, 2.45) is 0 Å². The van der Waals surface area contributed by atoms with Crippen LogP contribution < -0.4 is 4.72 Å². The van der Waals surface area contributed by atoms with Crippen molar-refractivity contribution in [2.75, 3.05) is 26.2 Å². The highest BCUT2D eigenvalue weighted by atomic mass is 32.2. The van der Waals surface area contributed by atoms with Gasteiger partial charge in [-0.05, 0) is 23.8 Å². The lowest BCUT2D eigenvalue weighted by Gasteiger charge is -2.33. The number of halogens is 1. The highest BCUT2D eigenvalue weighted by Gasteiger charge is 2.23. The Morgan fingerprint density at radius 2 is 1.96 bits per heavy atom. The number of hydrogen-bond donors (Lipinski definition) is 1. The lowest BCUT2D eigenvalue weighted by atomic mass is 10.2.